The van der Waals surface area contributed by atoms with Crippen LogP contribution in [0.5, 0.6) is 0 Å². The second-order valence-corrected chi connectivity index (χ2v) is 4.36. The van der Waals surface area contributed by atoms with Crippen LogP contribution in [-0.4, -0.2) is 6.29 Å². The van der Waals surface area contributed by atoms with E-state index in [9.17, 15) is 9.18 Å². The Hall–Kier alpha value is -1.62. The zero-order chi connectivity index (χ0) is 11.5. The fourth-order valence-corrected chi connectivity index (χ4v) is 0.967. The van der Waals surface area contributed by atoms with E-state index in [0.717, 1.165) is 0 Å². The smallest absolute Gasteiger partial charge is 0.150 e. The van der Waals surface area contributed by atoms with Crippen LogP contribution in [0.4, 0.5) is 4.39 Å². The molecule has 1 rings (SSSR count). The quantitative estimate of drug-likeness (QED) is 0.507. The van der Waals surface area contributed by atoms with Gasteiger partial charge in [0.2, 0.25) is 0 Å². The van der Waals surface area contributed by atoms with Crippen molar-refractivity contribution in [3.63, 3.8) is 0 Å². The molecule has 0 spiro atoms. The Kier molecular flexibility index (Phi) is 3.26. The van der Waals surface area contributed by atoms with Crippen molar-refractivity contribution >= 4 is 6.29 Å². The first-order valence-corrected chi connectivity index (χ1v) is 4.70. The lowest BCUT2D eigenvalue weighted by Crippen LogP contribution is -1.99. The van der Waals surface area contributed by atoms with Crippen molar-refractivity contribution in [2.45, 2.75) is 20.8 Å². The molecule has 1 aromatic carbocycles. The molecule has 0 aromatic heterocycles. The lowest BCUT2D eigenvalue weighted by Gasteiger charge is -2.07. The molecule has 15 heavy (non-hydrogen) atoms. The molecule has 0 aliphatic heterocycles. The number of benzene rings is 1. The van der Waals surface area contributed by atoms with Crippen molar-refractivity contribution in [1.82, 2.24) is 0 Å². The van der Waals surface area contributed by atoms with Gasteiger partial charge in [0.05, 0.1) is 5.56 Å². The van der Waals surface area contributed by atoms with Gasteiger partial charge >= 0.3 is 0 Å². The summed E-state index contributed by atoms with van der Waals surface area (Å²) >= 11 is 0. The Morgan fingerprint density at radius 2 is 2.00 bits per heavy atom. The monoisotopic (exact) mass is 204 g/mol. The lowest BCUT2D eigenvalue weighted by atomic mass is 9.97. The van der Waals surface area contributed by atoms with Gasteiger partial charge in [-0.05, 0) is 39.0 Å². The van der Waals surface area contributed by atoms with Gasteiger partial charge in [0.25, 0.3) is 0 Å². The predicted molar refractivity (Wildman–Crippen MR) is 58.1 cm³/mol. The molecule has 0 N–H and O–H groups in total. The standard InChI is InChI=1S/C13H13FO/c1-13(2,3)7-6-11-8-10(9-15)4-5-12(11)14/h4-5,8-9H,1-3H3. The fraction of sp³-hybridized carbons (Fsp3) is 0.308. The van der Waals surface area contributed by atoms with Crippen LogP contribution in [0.1, 0.15) is 36.7 Å². The van der Waals surface area contributed by atoms with Crippen LogP contribution >= 0.6 is 0 Å². The molecule has 0 bridgehead atoms. The number of carbonyl (C=O) groups excluding carboxylic acids is 1. The first kappa shape index (κ1) is 11.5. The van der Waals surface area contributed by atoms with Crippen molar-refractivity contribution in [3.8, 4) is 11.8 Å². The van der Waals surface area contributed by atoms with Gasteiger partial charge in [0.1, 0.15) is 12.1 Å². The zero-order valence-corrected chi connectivity index (χ0v) is 9.10. The third-order valence-electron chi connectivity index (χ3n) is 1.70. The van der Waals surface area contributed by atoms with Crippen LogP contribution in [0.2, 0.25) is 0 Å². The molecule has 0 saturated heterocycles. The second kappa shape index (κ2) is 4.27. The molecular weight excluding hydrogens is 191 g/mol. The van der Waals surface area contributed by atoms with Gasteiger partial charge in [0.15, 0.2) is 0 Å². The highest BCUT2D eigenvalue weighted by molar-refractivity contribution is 5.75. The molecule has 0 aliphatic carbocycles. The maximum atomic E-state index is 13.3. The lowest BCUT2D eigenvalue weighted by molar-refractivity contribution is 0.112. The maximum Gasteiger partial charge on any atom is 0.150 e. The molecule has 0 atom stereocenters. The molecule has 0 radical (unpaired) electrons. The molecular formula is C13H13FO. The molecule has 1 nitrogen and oxygen atoms in total. The highest BCUT2D eigenvalue weighted by atomic mass is 19.1. The average molecular weight is 204 g/mol. The second-order valence-electron chi connectivity index (χ2n) is 4.36. The summed E-state index contributed by atoms with van der Waals surface area (Å²) in [4.78, 5) is 10.5. The zero-order valence-electron chi connectivity index (χ0n) is 9.10. The maximum absolute atomic E-state index is 13.3. The summed E-state index contributed by atoms with van der Waals surface area (Å²) in [5.41, 5.74) is 0.535. The molecule has 78 valence electrons. The van der Waals surface area contributed by atoms with Gasteiger partial charge < -0.3 is 0 Å². The molecule has 1 aromatic rings. The van der Waals surface area contributed by atoms with E-state index >= 15 is 0 Å². The van der Waals surface area contributed by atoms with E-state index < -0.39 is 5.82 Å². The SMILES string of the molecule is CC(C)(C)C#Cc1cc(C=O)ccc1F. The van der Waals surface area contributed by atoms with E-state index in [4.69, 9.17) is 0 Å². The highest BCUT2D eigenvalue weighted by Gasteiger charge is 2.05. The number of hydrogen-bond donors (Lipinski definition) is 0. The Bertz CT molecular complexity index is 430. The number of rotatable bonds is 1. The van der Waals surface area contributed by atoms with E-state index in [1.54, 1.807) is 0 Å². The van der Waals surface area contributed by atoms with E-state index in [2.05, 4.69) is 11.8 Å². The summed E-state index contributed by atoms with van der Waals surface area (Å²) in [5.74, 6) is 5.28. The van der Waals surface area contributed by atoms with Gasteiger partial charge in [-0.3, -0.25) is 4.79 Å². The Morgan fingerprint density at radius 3 is 2.53 bits per heavy atom. The van der Waals surface area contributed by atoms with E-state index in [0.29, 0.717) is 11.8 Å². The van der Waals surface area contributed by atoms with Crippen LogP contribution in [0, 0.1) is 23.1 Å². The van der Waals surface area contributed by atoms with Crippen LogP contribution in [0.15, 0.2) is 18.2 Å². The van der Waals surface area contributed by atoms with E-state index in [-0.39, 0.29) is 11.0 Å². The Labute approximate surface area is 89.3 Å². The van der Waals surface area contributed by atoms with Crippen molar-refractivity contribution < 1.29 is 9.18 Å². The van der Waals surface area contributed by atoms with Gasteiger partial charge in [-0.15, -0.1) is 0 Å². The third-order valence-corrected chi connectivity index (χ3v) is 1.70. The van der Waals surface area contributed by atoms with Crippen LogP contribution in [-0.2, 0) is 0 Å². The minimum Gasteiger partial charge on any atom is -0.298 e. The fourth-order valence-electron chi connectivity index (χ4n) is 0.967. The molecule has 0 fully saturated rings. The summed E-state index contributed by atoms with van der Waals surface area (Å²) in [6.45, 7) is 5.84. The molecule has 0 unspecified atom stereocenters. The Morgan fingerprint density at radius 1 is 1.33 bits per heavy atom. The predicted octanol–water partition coefficient (Wildman–Crippen LogP) is 3.04. The van der Waals surface area contributed by atoms with Crippen molar-refractivity contribution in [1.29, 1.82) is 0 Å². The third kappa shape index (κ3) is 3.55. The summed E-state index contributed by atoms with van der Waals surface area (Å²) in [6, 6.07) is 4.15. The van der Waals surface area contributed by atoms with Crippen molar-refractivity contribution in [3.05, 3.63) is 35.1 Å². The normalized spacial score (nSPS) is 10.4. The van der Waals surface area contributed by atoms with Gasteiger partial charge in [-0.2, -0.15) is 0 Å². The van der Waals surface area contributed by atoms with Crippen LogP contribution in [0.3, 0.4) is 0 Å². The topological polar surface area (TPSA) is 17.1 Å². The number of carbonyl (C=O) groups is 1. The molecule has 2 heteroatoms. The van der Waals surface area contributed by atoms with Crippen LogP contribution < -0.4 is 0 Å². The number of aldehydes is 1. The van der Waals surface area contributed by atoms with E-state index in [1.807, 2.05) is 20.8 Å². The molecule has 0 heterocycles. The largest absolute Gasteiger partial charge is 0.298 e. The van der Waals surface area contributed by atoms with Crippen molar-refractivity contribution in [2.24, 2.45) is 5.41 Å². The van der Waals surface area contributed by atoms with Crippen molar-refractivity contribution in [2.75, 3.05) is 0 Å². The highest BCUT2D eigenvalue weighted by Crippen LogP contribution is 2.13. The number of hydrogen-bond acceptors (Lipinski definition) is 1. The molecule has 0 amide bonds. The summed E-state index contributed by atoms with van der Waals surface area (Å²) in [7, 11) is 0. The summed E-state index contributed by atoms with van der Waals surface area (Å²) < 4.78 is 13.3. The van der Waals surface area contributed by atoms with Gasteiger partial charge in [0, 0.05) is 11.0 Å². The minimum absolute atomic E-state index is 0.177. The summed E-state index contributed by atoms with van der Waals surface area (Å²) in [5, 5.41) is 0. The van der Waals surface area contributed by atoms with E-state index in [1.165, 1.54) is 18.2 Å². The van der Waals surface area contributed by atoms with Gasteiger partial charge in [-0.25, -0.2) is 4.39 Å². The average Bonchev–Trinajstić information content (AvgIpc) is 2.15. The first-order valence-electron chi connectivity index (χ1n) is 4.70. The Balaban J connectivity index is 3.12. The summed E-state index contributed by atoms with van der Waals surface area (Å²) in [6.07, 6.45) is 0.682. The van der Waals surface area contributed by atoms with Crippen LogP contribution in [0.25, 0.3) is 0 Å². The van der Waals surface area contributed by atoms with Gasteiger partial charge in [-0.1, -0.05) is 11.8 Å². The number of halogens is 1. The molecule has 0 saturated carbocycles. The first-order chi connectivity index (χ1) is 6.92. The molecule has 0 aliphatic rings. The minimum atomic E-state index is -0.391.